The van der Waals surface area contributed by atoms with Crippen LogP contribution in [0.1, 0.15) is 49.9 Å². The molecule has 1 N–H and O–H groups in total. The first-order valence-electron chi connectivity index (χ1n) is 6.22. The molecule has 1 unspecified atom stereocenters. The fourth-order valence-corrected chi connectivity index (χ4v) is 2.22. The second-order valence-corrected chi connectivity index (χ2v) is 4.86. The zero-order valence-corrected chi connectivity index (χ0v) is 11.6. The Morgan fingerprint density at radius 2 is 2.00 bits per heavy atom. The van der Waals surface area contributed by atoms with Gasteiger partial charge in [-0.2, -0.15) is 0 Å². The van der Waals surface area contributed by atoms with Crippen LogP contribution in [0.2, 0.25) is 0 Å². The molecule has 0 radical (unpaired) electrons. The Bertz CT molecular complexity index is 507. The molecule has 18 heavy (non-hydrogen) atoms. The maximum absolute atomic E-state index is 5.20. The van der Waals surface area contributed by atoms with Gasteiger partial charge in [0, 0.05) is 24.0 Å². The number of aryl methyl sites for hydroxylation is 2. The van der Waals surface area contributed by atoms with Crippen molar-refractivity contribution in [3.05, 3.63) is 29.4 Å². The molecular formula is C13H20N4O. The van der Waals surface area contributed by atoms with Gasteiger partial charge >= 0.3 is 0 Å². The molecule has 2 aromatic rings. The molecule has 0 fully saturated rings. The molecule has 0 saturated carbocycles. The van der Waals surface area contributed by atoms with Crippen LogP contribution in [0.4, 0.5) is 5.95 Å². The van der Waals surface area contributed by atoms with E-state index in [2.05, 4.69) is 40.8 Å². The zero-order chi connectivity index (χ0) is 13.3. The lowest BCUT2D eigenvalue weighted by molar-refractivity contribution is 0.392. The minimum atomic E-state index is 0.121. The van der Waals surface area contributed by atoms with Crippen molar-refractivity contribution in [3.8, 4) is 0 Å². The molecule has 5 nitrogen and oxygen atoms in total. The van der Waals surface area contributed by atoms with Gasteiger partial charge in [0.15, 0.2) is 0 Å². The van der Waals surface area contributed by atoms with E-state index in [0.29, 0.717) is 6.04 Å². The Balaban J connectivity index is 2.21. The minimum absolute atomic E-state index is 0.121. The smallest absolute Gasteiger partial charge is 0.203 e. The third kappa shape index (κ3) is 2.25. The number of hydrogen-bond donors (Lipinski definition) is 1. The summed E-state index contributed by atoms with van der Waals surface area (Å²) in [6.07, 6.45) is 3.79. The highest BCUT2D eigenvalue weighted by atomic mass is 16.5. The van der Waals surface area contributed by atoms with Crippen LogP contribution in [-0.2, 0) is 0 Å². The summed E-state index contributed by atoms with van der Waals surface area (Å²) in [5, 5.41) is 7.39. The van der Waals surface area contributed by atoms with Gasteiger partial charge in [0.2, 0.25) is 5.95 Å². The first kappa shape index (κ1) is 12.7. The minimum Gasteiger partial charge on any atom is -0.361 e. The lowest BCUT2D eigenvalue weighted by Crippen LogP contribution is -2.13. The summed E-state index contributed by atoms with van der Waals surface area (Å²) in [7, 11) is 0. The fraction of sp³-hybridized carbons (Fsp3) is 0.538. The van der Waals surface area contributed by atoms with Crippen LogP contribution in [0.15, 0.2) is 16.9 Å². The van der Waals surface area contributed by atoms with Crippen molar-refractivity contribution in [1.82, 2.24) is 14.7 Å². The van der Waals surface area contributed by atoms with Gasteiger partial charge in [-0.1, -0.05) is 5.16 Å². The standard InChI is InChI=1S/C13H20N4O/c1-8(2)17-7-6-14-13(17)15-9(3)12-10(4)16-18-11(12)5/h6-9H,1-5H3,(H,14,15). The van der Waals surface area contributed by atoms with E-state index in [0.717, 1.165) is 23.0 Å². The molecule has 0 aliphatic rings. The maximum Gasteiger partial charge on any atom is 0.203 e. The first-order valence-corrected chi connectivity index (χ1v) is 6.22. The van der Waals surface area contributed by atoms with Crippen molar-refractivity contribution >= 4 is 5.95 Å². The van der Waals surface area contributed by atoms with Gasteiger partial charge in [0.25, 0.3) is 0 Å². The molecule has 0 aliphatic carbocycles. The molecule has 2 aromatic heterocycles. The average molecular weight is 248 g/mol. The number of anilines is 1. The SMILES string of the molecule is Cc1noc(C)c1C(C)Nc1nccn1C(C)C. The predicted molar refractivity (Wildman–Crippen MR) is 70.6 cm³/mol. The zero-order valence-electron chi connectivity index (χ0n) is 11.6. The molecule has 2 rings (SSSR count). The molecule has 0 aliphatic heterocycles. The molecule has 0 saturated heterocycles. The third-order valence-corrected chi connectivity index (χ3v) is 3.09. The molecule has 2 heterocycles. The second kappa shape index (κ2) is 4.84. The van der Waals surface area contributed by atoms with Crippen molar-refractivity contribution in [2.45, 2.75) is 46.7 Å². The quantitative estimate of drug-likeness (QED) is 0.902. The topological polar surface area (TPSA) is 55.9 Å². The van der Waals surface area contributed by atoms with Gasteiger partial charge in [-0.3, -0.25) is 0 Å². The number of hydrogen-bond acceptors (Lipinski definition) is 4. The number of nitrogens with zero attached hydrogens (tertiary/aromatic N) is 3. The van der Waals surface area contributed by atoms with Crippen molar-refractivity contribution in [2.75, 3.05) is 5.32 Å². The van der Waals surface area contributed by atoms with Crippen LogP contribution in [0.3, 0.4) is 0 Å². The number of imidazole rings is 1. The van der Waals surface area contributed by atoms with Gasteiger partial charge < -0.3 is 14.4 Å². The number of rotatable bonds is 4. The summed E-state index contributed by atoms with van der Waals surface area (Å²) in [4.78, 5) is 4.35. The molecule has 0 aromatic carbocycles. The normalized spacial score (nSPS) is 13.0. The van der Waals surface area contributed by atoms with E-state index in [1.165, 1.54) is 0 Å². The van der Waals surface area contributed by atoms with Crippen LogP contribution in [-0.4, -0.2) is 14.7 Å². The highest BCUT2D eigenvalue weighted by Crippen LogP contribution is 2.25. The Morgan fingerprint density at radius 1 is 1.28 bits per heavy atom. The number of nitrogens with one attached hydrogen (secondary N) is 1. The highest BCUT2D eigenvalue weighted by Gasteiger charge is 2.18. The largest absolute Gasteiger partial charge is 0.361 e. The van der Waals surface area contributed by atoms with Gasteiger partial charge in [-0.25, -0.2) is 4.98 Å². The van der Waals surface area contributed by atoms with Gasteiger partial charge in [-0.05, 0) is 34.6 Å². The fourth-order valence-electron chi connectivity index (χ4n) is 2.22. The van der Waals surface area contributed by atoms with Crippen LogP contribution in [0.5, 0.6) is 0 Å². The van der Waals surface area contributed by atoms with E-state index >= 15 is 0 Å². The summed E-state index contributed by atoms with van der Waals surface area (Å²) < 4.78 is 7.30. The molecule has 5 heteroatoms. The third-order valence-electron chi connectivity index (χ3n) is 3.09. The van der Waals surface area contributed by atoms with E-state index < -0.39 is 0 Å². The molecule has 0 amide bonds. The Labute approximate surface area is 107 Å². The molecular weight excluding hydrogens is 228 g/mol. The summed E-state index contributed by atoms with van der Waals surface area (Å²) in [5.41, 5.74) is 2.03. The Morgan fingerprint density at radius 3 is 2.56 bits per heavy atom. The van der Waals surface area contributed by atoms with Crippen molar-refractivity contribution in [3.63, 3.8) is 0 Å². The van der Waals surface area contributed by atoms with Gasteiger partial charge in [-0.15, -0.1) is 0 Å². The van der Waals surface area contributed by atoms with E-state index in [-0.39, 0.29) is 6.04 Å². The van der Waals surface area contributed by atoms with Crippen LogP contribution < -0.4 is 5.32 Å². The van der Waals surface area contributed by atoms with Gasteiger partial charge in [0.1, 0.15) is 5.76 Å². The van der Waals surface area contributed by atoms with E-state index in [9.17, 15) is 0 Å². The van der Waals surface area contributed by atoms with Crippen LogP contribution >= 0.6 is 0 Å². The van der Waals surface area contributed by atoms with Crippen LogP contribution in [0.25, 0.3) is 0 Å². The highest BCUT2D eigenvalue weighted by molar-refractivity contribution is 5.35. The van der Waals surface area contributed by atoms with E-state index in [1.54, 1.807) is 0 Å². The maximum atomic E-state index is 5.20. The summed E-state index contributed by atoms with van der Waals surface area (Å²) >= 11 is 0. The summed E-state index contributed by atoms with van der Waals surface area (Å²) in [5.74, 6) is 1.73. The molecule has 1 atom stereocenters. The Hall–Kier alpha value is -1.78. The van der Waals surface area contributed by atoms with Crippen molar-refractivity contribution in [1.29, 1.82) is 0 Å². The molecule has 0 spiro atoms. The van der Waals surface area contributed by atoms with Crippen molar-refractivity contribution in [2.24, 2.45) is 0 Å². The first-order chi connectivity index (χ1) is 8.50. The van der Waals surface area contributed by atoms with Crippen molar-refractivity contribution < 1.29 is 4.52 Å². The summed E-state index contributed by atoms with van der Waals surface area (Å²) in [6.45, 7) is 10.2. The second-order valence-electron chi connectivity index (χ2n) is 4.86. The Kier molecular flexibility index (Phi) is 3.41. The lowest BCUT2D eigenvalue weighted by atomic mass is 10.1. The lowest BCUT2D eigenvalue weighted by Gasteiger charge is -2.17. The summed E-state index contributed by atoms with van der Waals surface area (Å²) in [6, 6.07) is 0.503. The molecule has 98 valence electrons. The van der Waals surface area contributed by atoms with E-state index in [4.69, 9.17) is 4.52 Å². The average Bonchev–Trinajstić information content (AvgIpc) is 2.86. The van der Waals surface area contributed by atoms with E-state index in [1.807, 2.05) is 26.2 Å². The predicted octanol–water partition coefficient (Wildman–Crippen LogP) is 3.24. The molecule has 0 bridgehead atoms. The number of aromatic nitrogens is 3. The monoisotopic (exact) mass is 248 g/mol. The van der Waals surface area contributed by atoms with Crippen LogP contribution in [0, 0.1) is 13.8 Å². The van der Waals surface area contributed by atoms with Gasteiger partial charge in [0.05, 0.1) is 11.7 Å².